The smallest absolute Gasteiger partial charge is 0.416 e. The molecule has 2 bridgehead atoms. The largest absolute Gasteiger partial charge is 0.497 e. The van der Waals surface area contributed by atoms with E-state index in [1.807, 2.05) is 69.3 Å². The summed E-state index contributed by atoms with van der Waals surface area (Å²) < 4.78 is 52.7. The van der Waals surface area contributed by atoms with E-state index in [4.69, 9.17) is 9.47 Å². The van der Waals surface area contributed by atoms with Crippen LogP contribution >= 0.6 is 0 Å². The third-order valence-corrected chi connectivity index (χ3v) is 12.6. The fourth-order valence-electron chi connectivity index (χ4n) is 8.99. The van der Waals surface area contributed by atoms with Gasteiger partial charge in [0.25, 0.3) is 0 Å². The highest BCUT2D eigenvalue weighted by Crippen LogP contribution is 2.59. The van der Waals surface area contributed by atoms with E-state index < -0.39 is 40.6 Å². The monoisotopic (exact) mass is 812 g/mol. The number of hydrogen-bond donors (Lipinski definition) is 3. The molecule has 4 aromatic carbocycles. The standard InChI is InChI=1S/C48H55F3N2O6/c1-31-11-10-23-46(3)42(40-21-17-33(25-38(54)19-16-31)26-41(40)44(55)35-14-9-15-37(27-35)48(49,50)51)22-24-47(46,57)30-53(29-36-18-20-39(58-4)28-43(36)59-5)45(56)52-32(2)34-12-7-6-8-13-34/h6-9,11-15,17-18,20-21,26-28,32,38,42,54,57H,10,16,19,22-25,29-30H2,1-5H3,(H,52,56)/t32-,38+,42+,46+,47-/m1/s1. The maximum atomic E-state index is 14.5. The molecule has 1 saturated carbocycles. The Morgan fingerprint density at radius 1 is 0.949 bits per heavy atom. The van der Waals surface area contributed by atoms with Crippen molar-refractivity contribution in [3.63, 3.8) is 0 Å². The molecule has 314 valence electrons. The second-order valence-electron chi connectivity index (χ2n) is 16.5. The summed E-state index contributed by atoms with van der Waals surface area (Å²) in [6.45, 7) is 5.97. The van der Waals surface area contributed by atoms with Crippen LogP contribution in [0.5, 0.6) is 11.5 Å². The molecule has 1 fully saturated rings. The summed E-state index contributed by atoms with van der Waals surface area (Å²) in [5, 5.41) is 27.3. The first-order chi connectivity index (χ1) is 28.0. The van der Waals surface area contributed by atoms with Gasteiger partial charge in [0.2, 0.25) is 0 Å². The number of methoxy groups -OCH3 is 2. The van der Waals surface area contributed by atoms with Crippen LogP contribution in [0.15, 0.2) is 103 Å². The van der Waals surface area contributed by atoms with Crippen molar-refractivity contribution in [2.24, 2.45) is 5.41 Å². The van der Waals surface area contributed by atoms with Gasteiger partial charge in [0.05, 0.1) is 50.6 Å². The summed E-state index contributed by atoms with van der Waals surface area (Å²) in [7, 11) is 3.11. The number of allylic oxidation sites excluding steroid dienone is 2. The van der Waals surface area contributed by atoms with Gasteiger partial charge in [0.1, 0.15) is 11.5 Å². The third kappa shape index (κ3) is 9.68. The van der Waals surface area contributed by atoms with Crippen LogP contribution in [0.1, 0.15) is 115 Å². The van der Waals surface area contributed by atoms with Crippen molar-refractivity contribution in [3.05, 3.63) is 142 Å². The Kier molecular flexibility index (Phi) is 13.3. The van der Waals surface area contributed by atoms with E-state index in [0.717, 1.165) is 23.3 Å². The Balaban J connectivity index is 1.44. The predicted molar refractivity (Wildman–Crippen MR) is 222 cm³/mol. The highest BCUT2D eigenvalue weighted by Gasteiger charge is 2.58. The number of amides is 2. The number of fused-ring (bicyclic) bond motifs is 8. The van der Waals surface area contributed by atoms with Gasteiger partial charge in [-0.15, -0.1) is 0 Å². The molecule has 0 saturated heterocycles. The Morgan fingerprint density at radius 3 is 2.42 bits per heavy atom. The molecule has 5 atom stereocenters. The minimum Gasteiger partial charge on any atom is -0.497 e. The SMILES string of the molecule is COc1ccc(CN(C[C@]2(O)CC[C@H]3c4ccc(cc4C(=O)c4cccc(C(F)(F)F)c4)C[C@@H](O)CCC(C)=CCC[C@@]32C)C(=O)N[C@H](C)c2ccccc2)c(OC)c1. The van der Waals surface area contributed by atoms with Crippen molar-refractivity contribution in [2.45, 2.75) is 102 Å². The molecular formula is C48H55F3N2O6. The highest BCUT2D eigenvalue weighted by molar-refractivity contribution is 6.10. The zero-order chi connectivity index (χ0) is 42.5. The van der Waals surface area contributed by atoms with Gasteiger partial charge in [-0.3, -0.25) is 4.79 Å². The minimum atomic E-state index is -4.64. The summed E-state index contributed by atoms with van der Waals surface area (Å²) in [5.41, 5.74) is 0.854. The van der Waals surface area contributed by atoms with Crippen LogP contribution in [0.3, 0.4) is 0 Å². The maximum Gasteiger partial charge on any atom is 0.416 e. The van der Waals surface area contributed by atoms with E-state index in [1.54, 1.807) is 37.3 Å². The molecule has 59 heavy (non-hydrogen) atoms. The molecule has 0 aromatic heterocycles. The van der Waals surface area contributed by atoms with Gasteiger partial charge in [-0.1, -0.05) is 73.2 Å². The van der Waals surface area contributed by atoms with Crippen molar-refractivity contribution in [1.82, 2.24) is 10.2 Å². The van der Waals surface area contributed by atoms with E-state index >= 15 is 0 Å². The van der Waals surface area contributed by atoms with Gasteiger partial charge >= 0.3 is 12.2 Å². The van der Waals surface area contributed by atoms with Crippen molar-refractivity contribution in [3.8, 4) is 11.5 Å². The molecule has 3 aliphatic carbocycles. The average molecular weight is 813 g/mol. The van der Waals surface area contributed by atoms with Gasteiger partial charge < -0.3 is 29.9 Å². The first kappa shape index (κ1) is 43.4. The van der Waals surface area contributed by atoms with Crippen LogP contribution in [0.4, 0.5) is 18.0 Å². The number of carbonyl (C=O) groups is 2. The minimum absolute atomic E-state index is 0.0631. The Bertz CT molecular complexity index is 2160. The topological polar surface area (TPSA) is 108 Å². The van der Waals surface area contributed by atoms with Gasteiger partial charge in [-0.25, -0.2) is 4.79 Å². The predicted octanol–water partition coefficient (Wildman–Crippen LogP) is 9.97. The Labute approximate surface area is 345 Å². The molecule has 3 aliphatic rings. The lowest BCUT2D eigenvalue weighted by molar-refractivity contribution is -0.137. The number of nitrogens with one attached hydrogen (secondary N) is 1. The Morgan fingerprint density at radius 2 is 1.71 bits per heavy atom. The lowest BCUT2D eigenvalue weighted by Gasteiger charge is -2.46. The molecule has 8 nitrogen and oxygen atoms in total. The molecule has 0 unspecified atom stereocenters. The molecule has 7 rings (SSSR count). The van der Waals surface area contributed by atoms with Gasteiger partial charge in [-0.2, -0.15) is 13.2 Å². The van der Waals surface area contributed by atoms with E-state index in [2.05, 4.69) is 11.4 Å². The van der Waals surface area contributed by atoms with Crippen molar-refractivity contribution >= 4 is 11.8 Å². The number of carbonyl (C=O) groups excluding carboxylic acids is 2. The summed E-state index contributed by atoms with van der Waals surface area (Å²) >= 11 is 0. The summed E-state index contributed by atoms with van der Waals surface area (Å²) in [4.78, 5) is 30.6. The second kappa shape index (κ2) is 18.0. The molecule has 0 heterocycles. The number of hydrogen-bond acceptors (Lipinski definition) is 6. The summed E-state index contributed by atoms with van der Waals surface area (Å²) in [5.74, 6) is 0.118. The first-order valence-electron chi connectivity index (χ1n) is 20.3. The van der Waals surface area contributed by atoms with Gasteiger partial charge in [0, 0.05) is 28.2 Å². The molecule has 0 aliphatic heterocycles. The number of nitrogens with zero attached hydrogens (tertiary/aromatic N) is 1. The zero-order valence-corrected chi connectivity index (χ0v) is 34.4. The number of aliphatic hydroxyl groups is 2. The molecule has 0 radical (unpaired) electrons. The number of urea groups is 1. The average Bonchev–Trinajstić information content (AvgIpc) is 3.47. The molecule has 3 N–H and O–H groups in total. The van der Waals surface area contributed by atoms with E-state index in [0.29, 0.717) is 60.3 Å². The van der Waals surface area contributed by atoms with Crippen LogP contribution in [-0.4, -0.2) is 59.4 Å². The number of ether oxygens (including phenoxy) is 2. The van der Waals surface area contributed by atoms with E-state index in [-0.39, 0.29) is 49.1 Å². The number of alkyl halides is 3. The lowest BCUT2D eigenvalue weighted by atomic mass is 9.64. The molecular weight excluding hydrogens is 758 g/mol. The van der Waals surface area contributed by atoms with E-state index in [9.17, 15) is 33.0 Å². The first-order valence-corrected chi connectivity index (χ1v) is 20.3. The zero-order valence-electron chi connectivity index (χ0n) is 34.4. The number of benzene rings is 4. The number of aliphatic hydroxyl groups excluding tert-OH is 1. The molecule has 0 spiro atoms. The second-order valence-corrected chi connectivity index (χ2v) is 16.5. The lowest BCUT2D eigenvalue weighted by Crippen LogP contribution is -2.55. The molecule has 2 amide bonds. The van der Waals surface area contributed by atoms with Crippen LogP contribution in [0.2, 0.25) is 0 Å². The van der Waals surface area contributed by atoms with Crippen molar-refractivity contribution < 1.29 is 42.4 Å². The summed E-state index contributed by atoms with van der Waals surface area (Å²) in [6, 6.07) is 24.1. The van der Waals surface area contributed by atoms with Crippen LogP contribution < -0.4 is 14.8 Å². The number of halogens is 3. The summed E-state index contributed by atoms with van der Waals surface area (Å²) in [6.07, 6.45) is 0.00258. The van der Waals surface area contributed by atoms with Crippen LogP contribution in [0, 0.1) is 5.41 Å². The normalized spacial score (nSPS) is 22.7. The molecule has 4 aromatic rings. The van der Waals surface area contributed by atoms with Crippen LogP contribution in [-0.2, 0) is 19.1 Å². The van der Waals surface area contributed by atoms with Crippen molar-refractivity contribution in [1.29, 1.82) is 0 Å². The Hall–Kier alpha value is -5.13. The van der Waals surface area contributed by atoms with E-state index in [1.165, 1.54) is 12.1 Å². The van der Waals surface area contributed by atoms with Crippen molar-refractivity contribution in [2.75, 3.05) is 20.8 Å². The number of rotatable bonds is 10. The fourth-order valence-corrected chi connectivity index (χ4v) is 8.99. The quantitative estimate of drug-likeness (QED) is 0.109. The third-order valence-electron chi connectivity index (χ3n) is 12.6. The number of ketones is 1. The van der Waals surface area contributed by atoms with Crippen LogP contribution in [0.25, 0.3) is 0 Å². The molecule has 11 heteroatoms. The highest BCUT2D eigenvalue weighted by atomic mass is 19.4. The van der Waals surface area contributed by atoms with Gasteiger partial charge in [0.15, 0.2) is 5.78 Å². The maximum absolute atomic E-state index is 14.5. The fraction of sp³-hybridized carbons (Fsp3) is 0.417. The van der Waals surface area contributed by atoms with Gasteiger partial charge in [-0.05, 0) is 112 Å².